The Morgan fingerprint density at radius 3 is 2.42 bits per heavy atom. The van der Waals surface area contributed by atoms with E-state index in [0.29, 0.717) is 24.9 Å². The molecule has 0 aliphatic rings. The fourth-order valence-corrected chi connectivity index (χ4v) is 2.99. The molecule has 0 spiro atoms. The number of non-ortho nitro benzene ring substituents is 1. The molecular weight excluding hydrogens is 402 g/mol. The number of amides is 1. The van der Waals surface area contributed by atoms with Gasteiger partial charge in [0.15, 0.2) is 5.69 Å². The van der Waals surface area contributed by atoms with Gasteiger partial charge in [0.2, 0.25) is 0 Å². The zero-order valence-electron chi connectivity index (χ0n) is 17.7. The van der Waals surface area contributed by atoms with Gasteiger partial charge in [0.05, 0.1) is 4.92 Å². The number of nitro groups is 1. The largest absolute Gasteiger partial charge is 0.383 e. The van der Waals surface area contributed by atoms with E-state index in [1.165, 1.54) is 45.9 Å². The highest BCUT2D eigenvalue weighted by molar-refractivity contribution is 6.05. The first-order valence-corrected chi connectivity index (χ1v) is 10.2. The summed E-state index contributed by atoms with van der Waals surface area (Å²) in [6.07, 6.45) is 5.71. The van der Waals surface area contributed by atoms with Crippen LogP contribution in [0.25, 0.3) is 6.08 Å². The molecule has 1 aromatic carbocycles. The lowest BCUT2D eigenvalue weighted by Crippen LogP contribution is -2.41. The number of nitrogens with one attached hydrogen (secondary N) is 1. The summed E-state index contributed by atoms with van der Waals surface area (Å²) in [6.45, 7) is 4.50. The van der Waals surface area contributed by atoms with Gasteiger partial charge in [0.25, 0.3) is 17.2 Å². The first kappa shape index (κ1) is 23.6. The number of aromatic amines is 1. The topological polar surface area (TPSA) is 144 Å². The number of rotatable bonds is 10. The summed E-state index contributed by atoms with van der Waals surface area (Å²) in [7, 11) is 0. The van der Waals surface area contributed by atoms with Crippen molar-refractivity contribution in [3.63, 3.8) is 0 Å². The lowest BCUT2D eigenvalue weighted by Gasteiger charge is -2.23. The van der Waals surface area contributed by atoms with Gasteiger partial charge in [-0.2, -0.15) is 0 Å². The maximum Gasteiger partial charge on any atom is 0.330 e. The van der Waals surface area contributed by atoms with Crippen molar-refractivity contribution in [2.75, 3.05) is 17.2 Å². The van der Waals surface area contributed by atoms with Gasteiger partial charge in [-0.25, -0.2) is 4.79 Å². The van der Waals surface area contributed by atoms with Gasteiger partial charge in [0, 0.05) is 31.3 Å². The molecule has 0 saturated heterocycles. The molecule has 166 valence electrons. The van der Waals surface area contributed by atoms with Gasteiger partial charge in [-0.05, 0) is 36.6 Å². The number of aromatic nitrogens is 2. The first-order valence-electron chi connectivity index (χ1n) is 10.2. The smallest absolute Gasteiger partial charge is 0.330 e. The molecule has 0 fully saturated rings. The van der Waals surface area contributed by atoms with Crippen molar-refractivity contribution < 1.29 is 9.72 Å². The number of hydrogen-bond donors (Lipinski definition) is 2. The molecule has 0 aliphatic carbocycles. The highest BCUT2D eigenvalue weighted by Crippen LogP contribution is 2.19. The first-order chi connectivity index (χ1) is 14.8. The van der Waals surface area contributed by atoms with Gasteiger partial charge in [-0.15, -0.1) is 0 Å². The van der Waals surface area contributed by atoms with Crippen LogP contribution in [-0.4, -0.2) is 26.9 Å². The van der Waals surface area contributed by atoms with Crippen molar-refractivity contribution in [1.82, 2.24) is 9.55 Å². The molecule has 0 saturated carbocycles. The Balaban J connectivity index is 2.40. The third-order valence-corrected chi connectivity index (χ3v) is 4.74. The van der Waals surface area contributed by atoms with Crippen molar-refractivity contribution in [3.8, 4) is 0 Å². The summed E-state index contributed by atoms with van der Waals surface area (Å²) in [4.78, 5) is 51.4. The fourth-order valence-electron chi connectivity index (χ4n) is 2.99. The number of carbonyl (C=O) groups excluding carboxylic acids is 1. The maximum atomic E-state index is 12.9. The monoisotopic (exact) mass is 429 g/mol. The Hall–Kier alpha value is -3.69. The minimum absolute atomic E-state index is 0.0459. The van der Waals surface area contributed by atoms with Gasteiger partial charge in [0.1, 0.15) is 5.82 Å². The molecule has 10 heteroatoms. The number of H-pyrrole nitrogens is 1. The SMILES string of the molecule is CCCCN(C(=O)/C=C/c1ccc([N+](=O)[O-])cc1)c1c(N)n(CCCC)c(=O)[nH]c1=O. The lowest BCUT2D eigenvalue weighted by molar-refractivity contribution is -0.384. The quantitative estimate of drug-likeness (QED) is 0.337. The molecule has 0 unspecified atom stereocenters. The van der Waals surface area contributed by atoms with Crippen LogP contribution in [0.2, 0.25) is 0 Å². The molecule has 3 N–H and O–H groups in total. The highest BCUT2D eigenvalue weighted by Gasteiger charge is 2.22. The fraction of sp³-hybridized carbons (Fsp3) is 0.381. The van der Waals surface area contributed by atoms with Crippen LogP contribution in [0.3, 0.4) is 0 Å². The Labute approximate surface area is 179 Å². The van der Waals surface area contributed by atoms with E-state index in [9.17, 15) is 24.5 Å². The third-order valence-electron chi connectivity index (χ3n) is 4.74. The van der Waals surface area contributed by atoms with Crippen molar-refractivity contribution in [2.45, 2.75) is 46.1 Å². The van der Waals surface area contributed by atoms with Crippen molar-refractivity contribution in [1.29, 1.82) is 0 Å². The molecule has 10 nitrogen and oxygen atoms in total. The molecule has 2 rings (SSSR count). The van der Waals surface area contributed by atoms with E-state index in [1.807, 2.05) is 13.8 Å². The van der Waals surface area contributed by atoms with Gasteiger partial charge < -0.3 is 10.6 Å². The molecule has 31 heavy (non-hydrogen) atoms. The van der Waals surface area contributed by atoms with E-state index in [1.54, 1.807) is 0 Å². The van der Waals surface area contributed by atoms with E-state index in [2.05, 4.69) is 4.98 Å². The summed E-state index contributed by atoms with van der Waals surface area (Å²) < 4.78 is 1.27. The summed E-state index contributed by atoms with van der Waals surface area (Å²) in [6, 6.07) is 5.71. The number of nitro benzene ring substituents is 1. The van der Waals surface area contributed by atoms with Gasteiger partial charge >= 0.3 is 5.69 Å². The number of hydrogen-bond acceptors (Lipinski definition) is 6. The molecule has 0 bridgehead atoms. The van der Waals surface area contributed by atoms with Gasteiger partial charge in [-0.1, -0.05) is 26.7 Å². The minimum atomic E-state index is -0.719. The predicted octanol–water partition coefficient (Wildman–Crippen LogP) is 2.67. The van der Waals surface area contributed by atoms with Gasteiger partial charge in [-0.3, -0.25) is 29.3 Å². The minimum Gasteiger partial charge on any atom is -0.383 e. The molecular formula is C21H27N5O5. The molecule has 1 amide bonds. The molecule has 1 heterocycles. The van der Waals surface area contributed by atoms with E-state index in [4.69, 9.17) is 5.73 Å². The number of nitrogens with two attached hydrogens (primary N) is 1. The van der Waals surface area contributed by atoms with Crippen molar-refractivity contribution >= 4 is 29.2 Å². The van der Waals surface area contributed by atoms with Crippen LogP contribution in [0.5, 0.6) is 0 Å². The number of benzene rings is 1. The zero-order valence-corrected chi connectivity index (χ0v) is 17.7. The standard InChI is InChI=1S/C21H27N5O5/c1-3-5-13-24(17(27)12-9-15-7-10-16(11-8-15)26(30)31)18-19(22)25(14-6-4-2)21(29)23-20(18)28/h7-12H,3-6,13-14,22H2,1-2H3,(H,23,28,29)/b12-9+. The zero-order chi connectivity index (χ0) is 23.0. The van der Waals surface area contributed by atoms with Crippen LogP contribution in [0.4, 0.5) is 17.2 Å². The van der Waals surface area contributed by atoms with Crippen LogP contribution >= 0.6 is 0 Å². The van der Waals surface area contributed by atoms with Crippen LogP contribution in [0, 0.1) is 10.1 Å². The second-order valence-corrected chi connectivity index (χ2v) is 7.02. The summed E-state index contributed by atoms with van der Waals surface area (Å²) in [5, 5.41) is 10.8. The number of anilines is 2. The summed E-state index contributed by atoms with van der Waals surface area (Å²) in [5.41, 5.74) is 5.30. The Kier molecular flexibility index (Phi) is 8.30. The predicted molar refractivity (Wildman–Crippen MR) is 120 cm³/mol. The van der Waals surface area contributed by atoms with Crippen LogP contribution < -0.4 is 21.9 Å². The summed E-state index contributed by atoms with van der Waals surface area (Å²) >= 11 is 0. The van der Waals surface area contributed by atoms with Crippen LogP contribution in [-0.2, 0) is 11.3 Å². The number of carbonyl (C=O) groups is 1. The molecule has 0 radical (unpaired) electrons. The molecule has 0 aliphatic heterocycles. The lowest BCUT2D eigenvalue weighted by atomic mass is 10.2. The van der Waals surface area contributed by atoms with Crippen LogP contribution in [0.15, 0.2) is 39.9 Å². The third kappa shape index (κ3) is 5.91. The van der Waals surface area contributed by atoms with E-state index in [0.717, 1.165) is 12.8 Å². The Morgan fingerprint density at radius 1 is 1.19 bits per heavy atom. The molecule has 1 aromatic heterocycles. The normalized spacial score (nSPS) is 11.0. The van der Waals surface area contributed by atoms with E-state index in [-0.39, 0.29) is 23.7 Å². The average molecular weight is 429 g/mol. The van der Waals surface area contributed by atoms with Crippen LogP contribution in [0.1, 0.15) is 45.1 Å². The molecule has 0 atom stereocenters. The van der Waals surface area contributed by atoms with E-state index < -0.39 is 22.1 Å². The maximum absolute atomic E-state index is 12.9. The Morgan fingerprint density at radius 2 is 1.84 bits per heavy atom. The van der Waals surface area contributed by atoms with Crippen molar-refractivity contribution in [3.05, 3.63) is 66.9 Å². The number of nitrogen functional groups attached to an aromatic ring is 1. The summed E-state index contributed by atoms with van der Waals surface area (Å²) in [5.74, 6) is -0.528. The molecule has 2 aromatic rings. The second kappa shape index (κ2) is 10.9. The Bertz CT molecular complexity index is 1070. The number of unbranched alkanes of at least 4 members (excludes halogenated alkanes) is 2. The number of nitrogens with zero attached hydrogens (tertiary/aromatic N) is 3. The highest BCUT2D eigenvalue weighted by atomic mass is 16.6. The van der Waals surface area contributed by atoms with Crippen molar-refractivity contribution in [2.24, 2.45) is 0 Å². The van der Waals surface area contributed by atoms with E-state index >= 15 is 0 Å². The average Bonchev–Trinajstić information content (AvgIpc) is 2.74. The second-order valence-electron chi connectivity index (χ2n) is 7.02.